The highest BCUT2D eigenvalue weighted by atomic mass is 16.6. The zero-order chi connectivity index (χ0) is 14.2. The highest BCUT2D eigenvalue weighted by Crippen LogP contribution is 2.00. The van der Waals surface area contributed by atoms with E-state index in [-0.39, 0.29) is 0 Å². The SMILES string of the molecule is CCC(CCCOCCOCCOCCOC)NC. The zero-order valence-corrected chi connectivity index (χ0v) is 12.8. The van der Waals surface area contributed by atoms with Crippen LogP contribution in [0.4, 0.5) is 0 Å². The first-order chi connectivity index (χ1) is 9.35. The molecule has 0 aliphatic carbocycles. The largest absolute Gasteiger partial charge is 0.382 e. The topological polar surface area (TPSA) is 49.0 Å². The molecular formula is C14H31NO4. The van der Waals surface area contributed by atoms with Gasteiger partial charge in [0.25, 0.3) is 0 Å². The van der Waals surface area contributed by atoms with Crippen LogP contribution in [0.5, 0.6) is 0 Å². The molecule has 0 aromatic heterocycles. The van der Waals surface area contributed by atoms with E-state index >= 15 is 0 Å². The third kappa shape index (κ3) is 14.0. The number of methoxy groups -OCH3 is 1. The van der Waals surface area contributed by atoms with Crippen LogP contribution in [-0.4, -0.2) is 66.4 Å². The van der Waals surface area contributed by atoms with E-state index in [1.54, 1.807) is 7.11 Å². The van der Waals surface area contributed by atoms with Gasteiger partial charge in [-0.1, -0.05) is 6.92 Å². The Labute approximate surface area is 117 Å². The van der Waals surface area contributed by atoms with Crippen molar-refractivity contribution in [2.45, 2.75) is 32.2 Å². The Balaban J connectivity index is 3.02. The van der Waals surface area contributed by atoms with Crippen molar-refractivity contribution in [1.82, 2.24) is 5.32 Å². The lowest BCUT2D eigenvalue weighted by molar-refractivity contribution is 0.00309. The summed E-state index contributed by atoms with van der Waals surface area (Å²) in [6.07, 6.45) is 3.43. The summed E-state index contributed by atoms with van der Waals surface area (Å²) in [5.74, 6) is 0. The molecule has 0 aliphatic heterocycles. The smallest absolute Gasteiger partial charge is 0.0701 e. The minimum atomic E-state index is 0.615. The fourth-order valence-corrected chi connectivity index (χ4v) is 1.67. The van der Waals surface area contributed by atoms with Crippen LogP contribution in [0.3, 0.4) is 0 Å². The highest BCUT2D eigenvalue weighted by molar-refractivity contribution is 4.60. The normalized spacial score (nSPS) is 12.8. The third-order valence-electron chi connectivity index (χ3n) is 2.92. The Kier molecular flexibility index (Phi) is 15.7. The Bertz CT molecular complexity index is 166. The summed E-state index contributed by atoms with van der Waals surface area (Å²) in [6.45, 7) is 6.80. The fourth-order valence-electron chi connectivity index (χ4n) is 1.67. The molecule has 1 unspecified atom stereocenters. The van der Waals surface area contributed by atoms with Gasteiger partial charge in [-0.3, -0.25) is 0 Å². The van der Waals surface area contributed by atoms with Crippen molar-refractivity contribution in [3.63, 3.8) is 0 Å². The van der Waals surface area contributed by atoms with E-state index in [2.05, 4.69) is 12.2 Å². The molecule has 19 heavy (non-hydrogen) atoms. The summed E-state index contributed by atoms with van der Waals surface area (Å²) in [4.78, 5) is 0. The molecule has 0 radical (unpaired) electrons. The van der Waals surface area contributed by atoms with Gasteiger partial charge in [-0.25, -0.2) is 0 Å². The monoisotopic (exact) mass is 277 g/mol. The second kappa shape index (κ2) is 15.9. The molecule has 0 heterocycles. The molecule has 0 spiro atoms. The molecule has 5 heteroatoms. The van der Waals surface area contributed by atoms with E-state index < -0.39 is 0 Å². The number of rotatable bonds is 15. The first kappa shape index (κ1) is 18.8. The van der Waals surface area contributed by atoms with Crippen LogP contribution in [0.2, 0.25) is 0 Å². The van der Waals surface area contributed by atoms with Gasteiger partial charge in [0.1, 0.15) is 0 Å². The maximum Gasteiger partial charge on any atom is 0.0701 e. The van der Waals surface area contributed by atoms with E-state index in [9.17, 15) is 0 Å². The molecule has 1 atom stereocenters. The number of ether oxygens (including phenoxy) is 4. The van der Waals surface area contributed by atoms with Crippen molar-refractivity contribution in [2.75, 3.05) is 60.4 Å². The standard InChI is InChI=1S/C14H31NO4/c1-4-14(15-2)6-5-7-17-10-11-19-13-12-18-9-8-16-3/h14-15H,4-13H2,1-3H3. The quantitative estimate of drug-likeness (QED) is 0.459. The first-order valence-corrected chi connectivity index (χ1v) is 7.24. The molecule has 116 valence electrons. The van der Waals surface area contributed by atoms with Crippen LogP contribution in [0, 0.1) is 0 Å². The van der Waals surface area contributed by atoms with Gasteiger partial charge in [-0.2, -0.15) is 0 Å². The lowest BCUT2D eigenvalue weighted by atomic mass is 10.1. The van der Waals surface area contributed by atoms with Crippen molar-refractivity contribution in [3.8, 4) is 0 Å². The van der Waals surface area contributed by atoms with Crippen molar-refractivity contribution < 1.29 is 18.9 Å². The van der Waals surface area contributed by atoms with Crippen LogP contribution >= 0.6 is 0 Å². The molecule has 1 N–H and O–H groups in total. The van der Waals surface area contributed by atoms with Gasteiger partial charge in [0, 0.05) is 19.8 Å². The van der Waals surface area contributed by atoms with Crippen LogP contribution in [0.1, 0.15) is 26.2 Å². The number of hydrogen-bond acceptors (Lipinski definition) is 5. The molecule has 0 saturated heterocycles. The van der Waals surface area contributed by atoms with Crippen molar-refractivity contribution >= 4 is 0 Å². The van der Waals surface area contributed by atoms with E-state index in [0.29, 0.717) is 45.7 Å². The first-order valence-electron chi connectivity index (χ1n) is 7.24. The average molecular weight is 277 g/mol. The number of hydrogen-bond donors (Lipinski definition) is 1. The van der Waals surface area contributed by atoms with Crippen LogP contribution in [-0.2, 0) is 18.9 Å². The molecule has 0 aromatic rings. The van der Waals surface area contributed by atoms with Gasteiger partial charge in [-0.15, -0.1) is 0 Å². The Morgan fingerprint density at radius 1 is 0.842 bits per heavy atom. The molecule has 0 rings (SSSR count). The minimum absolute atomic E-state index is 0.615. The van der Waals surface area contributed by atoms with Crippen LogP contribution in [0.25, 0.3) is 0 Å². The van der Waals surface area contributed by atoms with Gasteiger partial charge in [0.05, 0.1) is 39.6 Å². The molecule has 5 nitrogen and oxygen atoms in total. The van der Waals surface area contributed by atoms with Crippen LogP contribution in [0.15, 0.2) is 0 Å². The molecule has 0 bridgehead atoms. The van der Waals surface area contributed by atoms with E-state index in [0.717, 1.165) is 13.0 Å². The number of nitrogens with one attached hydrogen (secondary N) is 1. The summed E-state index contributed by atoms with van der Waals surface area (Å²) in [7, 11) is 3.67. The highest BCUT2D eigenvalue weighted by Gasteiger charge is 2.01. The maximum absolute atomic E-state index is 5.50. The summed E-state index contributed by atoms with van der Waals surface area (Å²) in [5.41, 5.74) is 0. The third-order valence-corrected chi connectivity index (χ3v) is 2.92. The van der Waals surface area contributed by atoms with Gasteiger partial charge < -0.3 is 24.3 Å². The predicted octanol–water partition coefficient (Wildman–Crippen LogP) is 1.46. The van der Waals surface area contributed by atoms with Gasteiger partial charge in [0.2, 0.25) is 0 Å². The predicted molar refractivity (Wildman–Crippen MR) is 76.7 cm³/mol. The van der Waals surface area contributed by atoms with E-state index in [1.165, 1.54) is 12.8 Å². The van der Waals surface area contributed by atoms with Gasteiger partial charge >= 0.3 is 0 Å². The second-order valence-corrected chi connectivity index (χ2v) is 4.37. The molecule has 0 aliphatic rings. The summed E-state index contributed by atoms with van der Waals surface area (Å²) in [6, 6.07) is 0.615. The van der Waals surface area contributed by atoms with Crippen molar-refractivity contribution in [3.05, 3.63) is 0 Å². The summed E-state index contributed by atoms with van der Waals surface area (Å²) < 4.78 is 21.0. The lowest BCUT2D eigenvalue weighted by Crippen LogP contribution is -2.24. The second-order valence-electron chi connectivity index (χ2n) is 4.37. The van der Waals surface area contributed by atoms with E-state index in [4.69, 9.17) is 18.9 Å². The summed E-state index contributed by atoms with van der Waals surface area (Å²) >= 11 is 0. The average Bonchev–Trinajstić information content (AvgIpc) is 2.44. The molecular weight excluding hydrogens is 246 g/mol. The van der Waals surface area contributed by atoms with Crippen molar-refractivity contribution in [1.29, 1.82) is 0 Å². The lowest BCUT2D eigenvalue weighted by Gasteiger charge is -2.13. The van der Waals surface area contributed by atoms with Gasteiger partial charge in [-0.05, 0) is 26.3 Å². The van der Waals surface area contributed by atoms with Gasteiger partial charge in [0.15, 0.2) is 0 Å². The zero-order valence-electron chi connectivity index (χ0n) is 12.8. The van der Waals surface area contributed by atoms with Crippen molar-refractivity contribution in [2.24, 2.45) is 0 Å². The van der Waals surface area contributed by atoms with Crippen LogP contribution < -0.4 is 5.32 Å². The molecule has 0 saturated carbocycles. The van der Waals surface area contributed by atoms with E-state index in [1.807, 2.05) is 7.05 Å². The molecule has 0 fully saturated rings. The Morgan fingerprint density at radius 2 is 1.37 bits per heavy atom. The Hall–Kier alpha value is -0.200. The maximum atomic E-state index is 5.50. The summed E-state index contributed by atoms with van der Waals surface area (Å²) in [5, 5.41) is 3.29. The minimum Gasteiger partial charge on any atom is -0.382 e. The molecule has 0 amide bonds. The fraction of sp³-hybridized carbons (Fsp3) is 1.00. The Morgan fingerprint density at radius 3 is 1.84 bits per heavy atom. The molecule has 0 aromatic carbocycles.